The fourth-order valence-corrected chi connectivity index (χ4v) is 2.34. The van der Waals surface area contributed by atoms with Gasteiger partial charge in [0.1, 0.15) is 5.75 Å². The molecule has 2 rings (SSSR count). The molecule has 0 aliphatic heterocycles. The first-order chi connectivity index (χ1) is 12.5. The number of halogens is 1. The van der Waals surface area contributed by atoms with E-state index in [1.165, 1.54) is 7.05 Å². The molecule has 0 saturated carbocycles. The number of urea groups is 1. The molecule has 3 N–H and O–H groups in total. The summed E-state index contributed by atoms with van der Waals surface area (Å²) >= 11 is 5.97. The summed E-state index contributed by atoms with van der Waals surface area (Å²) in [6, 6.07) is 12.1. The molecular weight excluding hydrogens is 354 g/mol. The highest BCUT2D eigenvalue weighted by molar-refractivity contribution is 6.31. The van der Waals surface area contributed by atoms with Crippen molar-refractivity contribution in [2.45, 2.75) is 19.8 Å². The molecule has 3 amide bonds. The summed E-state index contributed by atoms with van der Waals surface area (Å²) in [5.41, 5.74) is 2.17. The van der Waals surface area contributed by atoms with Gasteiger partial charge in [0.25, 0.3) is 0 Å². The Hall–Kier alpha value is -2.73. The highest BCUT2D eigenvalue weighted by atomic mass is 35.5. The van der Waals surface area contributed by atoms with Crippen molar-refractivity contribution in [1.82, 2.24) is 5.32 Å². The number of hydrogen-bond acceptors (Lipinski definition) is 3. The van der Waals surface area contributed by atoms with E-state index in [0.29, 0.717) is 35.8 Å². The molecule has 2 aromatic carbocycles. The number of carbonyl (C=O) groups is 2. The van der Waals surface area contributed by atoms with E-state index in [1.807, 2.05) is 13.0 Å². The van der Waals surface area contributed by atoms with Crippen LogP contribution in [-0.4, -0.2) is 25.6 Å². The maximum atomic E-state index is 12.0. The van der Waals surface area contributed by atoms with E-state index in [-0.39, 0.29) is 11.9 Å². The van der Waals surface area contributed by atoms with Gasteiger partial charge in [-0.15, -0.1) is 0 Å². The van der Waals surface area contributed by atoms with Crippen molar-refractivity contribution in [3.63, 3.8) is 0 Å². The Morgan fingerprint density at radius 3 is 2.50 bits per heavy atom. The van der Waals surface area contributed by atoms with Crippen molar-refractivity contribution in [3.8, 4) is 5.75 Å². The molecule has 0 aromatic heterocycles. The van der Waals surface area contributed by atoms with Gasteiger partial charge < -0.3 is 20.7 Å². The zero-order chi connectivity index (χ0) is 18.9. The summed E-state index contributed by atoms with van der Waals surface area (Å²) in [4.78, 5) is 23.3. The van der Waals surface area contributed by atoms with Crippen LogP contribution in [0, 0.1) is 6.92 Å². The van der Waals surface area contributed by atoms with Gasteiger partial charge in [-0.05, 0) is 55.3 Å². The van der Waals surface area contributed by atoms with Crippen LogP contribution in [0.25, 0.3) is 0 Å². The molecule has 6 nitrogen and oxygen atoms in total. The molecule has 138 valence electrons. The van der Waals surface area contributed by atoms with Crippen LogP contribution in [0.1, 0.15) is 18.4 Å². The SMILES string of the molecule is CNC(=O)Nc1cccc(NC(=O)CCCOc2ccc(Cl)c(C)c2)c1. The van der Waals surface area contributed by atoms with E-state index in [2.05, 4.69) is 16.0 Å². The number of ether oxygens (including phenoxy) is 1. The fraction of sp³-hybridized carbons (Fsp3) is 0.263. The van der Waals surface area contributed by atoms with Crippen LogP contribution in [0.3, 0.4) is 0 Å². The molecule has 0 fully saturated rings. The Bertz CT molecular complexity index is 780. The third kappa shape index (κ3) is 6.29. The van der Waals surface area contributed by atoms with Gasteiger partial charge in [0.2, 0.25) is 5.91 Å². The van der Waals surface area contributed by atoms with Crippen molar-refractivity contribution < 1.29 is 14.3 Å². The molecule has 0 bridgehead atoms. The summed E-state index contributed by atoms with van der Waals surface area (Å²) in [6.07, 6.45) is 0.920. The summed E-state index contributed by atoms with van der Waals surface area (Å²) in [5.74, 6) is 0.623. The molecule has 0 radical (unpaired) electrons. The van der Waals surface area contributed by atoms with Gasteiger partial charge in [0, 0.05) is 29.9 Å². The normalized spacial score (nSPS) is 10.1. The van der Waals surface area contributed by atoms with Crippen LogP contribution >= 0.6 is 11.6 Å². The van der Waals surface area contributed by atoms with Gasteiger partial charge in [-0.2, -0.15) is 0 Å². The lowest BCUT2D eigenvalue weighted by Gasteiger charge is -2.09. The minimum absolute atomic E-state index is 0.113. The Morgan fingerprint density at radius 1 is 1.08 bits per heavy atom. The lowest BCUT2D eigenvalue weighted by Crippen LogP contribution is -2.24. The predicted molar refractivity (Wildman–Crippen MR) is 104 cm³/mol. The summed E-state index contributed by atoms with van der Waals surface area (Å²) in [7, 11) is 1.54. The number of carbonyl (C=O) groups excluding carboxylic acids is 2. The van der Waals surface area contributed by atoms with E-state index in [1.54, 1.807) is 36.4 Å². The van der Waals surface area contributed by atoms with Gasteiger partial charge in [-0.25, -0.2) is 4.79 Å². The topological polar surface area (TPSA) is 79.5 Å². The van der Waals surface area contributed by atoms with E-state index < -0.39 is 0 Å². The first-order valence-corrected chi connectivity index (χ1v) is 8.63. The number of nitrogens with one attached hydrogen (secondary N) is 3. The average molecular weight is 376 g/mol. The average Bonchev–Trinajstić information content (AvgIpc) is 2.62. The van der Waals surface area contributed by atoms with Crippen LogP contribution in [0.2, 0.25) is 5.02 Å². The molecule has 0 unspecified atom stereocenters. The maximum Gasteiger partial charge on any atom is 0.318 e. The lowest BCUT2D eigenvalue weighted by atomic mass is 10.2. The number of amides is 3. The van der Waals surface area contributed by atoms with Gasteiger partial charge >= 0.3 is 6.03 Å². The Labute approximate surface area is 157 Å². The Balaban J connectivity index is 1.75. The monoisotopic (exact) mass is 375 g/mol. The second kappa shape index (κ2) is 9.68. The van der Waals surface area contributed by atoms with Crippen LogP contribution in [-0.2, 0) is 4.79 Å². The zero-order valence-electron chi connectivity index (χ0n) is 14.8. The summed E-state index contributed by atoms with van der Waals surface area (Å²) in [6.45, 7) is 2.35. The minimum atomic E-state index is -0.317. The molecule has 0 spiro atoms. The Morgan fingerprint density at radius 2 is 1.81 bits per heavy atom. The highest BCUT2D eigenvalue weighted by Gasteiger charge is 2.05. The second-order valence-electron chi connectivity index (χ2n) is 5.70. The standard InChI is InChI=1S/C19H22ClN3O3/c1-13-11-16(8-9-17(13)20)26-10-4-7-18(24)22-14-5-3-6-15(12-14)23-19(25)21-2/h3,5-6,8-9,11-12H,4,7,10H2,1-2H3,(H,22,24)(H2,21,23,25). The molecule has 0 heterocycles. The quantitative estimate of drug-likeness (QED) is 0.634. The molecular formula is C19H22ClN3O3. The second-order valence-corrected chi connectivity index (χ2v) is 6.10. The molecule has 0 aliphatic carbocycles. The van der Waals surface area contributed by atoms with Crippen LogP contribution < -0.4 is 20.7 Å². The van der Waals surface area contributed by atoms with E-state index >= 15 is 0 Å². The molecule has 26 heavy (non-hydrogen) atoms. The third-order valence-corrected chi connectivity index (χ3v) is 4.00. The van der Waals surface area contributed by atoms with Crippen molar-refractivity contribution in [2.24, 2.45) is 0 Å². The van der Waals surface area contributed by atoms with Crippen LogP contribution in [0.15, 0.2) is 42.5 Å². The highest BCUT2D eigenvalue weighted by Crippen LogP contribution is 2.21. The van der Waals surface area contributed by atoms with E-state index in [9.17, 15) is 9.59 Å². The van der Waals surface area contributed by atoms with Crippen molar-refractivity contribution in [2.75, 3.05) is 24.3 Å². The van der Waals surface area contributed by atoms with Gasteiger partial charge in [-0.3, -0.25) is 4.79 Å². The van der Waals surface area contributed by atoms with E-state index in [0.717, 1.165) is 11.3 Å². The third-order valence-electron chi connectivity index (χ3n) is 3.58. The predicted octanol–water partition coefficient (Wildman–Crippen LogP) is 4.20. The smallest absolute Gasteiger partial charge is 0.318 e. The molecule has 0 atom stereocenters. The maximum absolute atomic E-state index is 12.0. The van der Waals surface area contributed by atoms with Gasteiger partial charge in [0.15, 0.2) is 0 Å². The largest absolute Gasteiger partial charge is 0.494 e. The number of benzene rings is 2. The van der Waals surface area contributed by atoms with Gasteiger partial charge in [-0.1, -0.05) is 17.7 Å². The number of rotatable bonds is 7. The van der Waals surface area contributed by atoms with Crippen molar-refractivity contribution in [1.29, 1.82) is 0 Å². The number of aryl methyl sites for hydroxylation is 1. The first-order valence-electron chi connectivity index (χ1n) is 8.25. The molecule has 0 aliphatic rings. The van der Waals surface area contributed by atoms with Crippen LogP contribution in [0.4, 0.5) is 16.2 Å². The molecule has 2 aromatic rings. The minimum Gasteiger partial charge on any atom is -0.494 e. The lowest BCUT2D eigenvalue weighted by molar-refractivity contribution is -0.116. The molecule has 0 saturated heterocycles. The zero-order valence-corrected chi connectivity index (χ0v) is 15.5. The fourth-order valence-electron chi connectivity index (χ4n) is 2.22. The summed E-state index contributed by atoms with van der Waals surface area (Å²) in [5, 5.41) is 8.63. The van der Waals surface area contributed by atoms with Gasteiger partial charge in [0.05, 0.1) is 6.61 Å². The summed E-state index contributed by atoms with van der Waals surface area (Å²) < 4.78 is 5.62. The Kier molecular flexibility index (Phi) is 7.29. The van der Waals surface area contributed by atoms with E-state index in [4.69, 9.17) is 16.3 Å². The van der Waals surface area contributed by atoms with Crippen LogP contribution in [0.5, 0.6) is 5.75 Å². The number of anilines is 2. The first kappa shape index (κ1) is 19.6. The van der Waals surface area contributed by atoms with Crippen molar-refractivity contribution >= 4 is 34.9 Å². The number of hydrogen-bond donors (Lipinski definition) is 3. The molecule has 7 heteroatoms. The van der Waals surface area contributed by atoms with Crippen molar-refractivity contribution in [3.05, 3.63) is 53.1 Å².